The van der Waals surface area contributed by atoms with Crippen LogP contribution in [0.1, 0.15) is 5.56 Å². The molecule has 0 spiro atoms. The normalized spacial score (nSPS) is 14.6. The number of nitrogens with zero attached hydrogens (tertiary/aromatic N) is 4. The van der Waals surface area contributed by atoms with E-state index in [1.54, 1.807) is 18.5 Å². The van der Waals surface area contributed by atoms with Crippen molar-refractivity contribution in [1.82, 2.24) is 14.9 Å². The maximum Gasteiger partial charge on any atom is 0.227 e. The lowest BCUT2D eigenvalue weighted by Gasteiger charge is -2.35. The minimum Gasteiger partial charge on any atom is -0.352 e. The fourth-order valence-corrected chi connectivity index (χ4v) is 3.67. The van der Waals surface area contributed by atoms with Crippen LogP contribution in [0.25, 0.3) is 10.9 Å². The van der Waals surface area contributed by atoms with Crippen LogP contribution >= 0.6 is 23.2 Å². The third-order valence-electron chi connectivity index (χ3n) is 4.79. The molecule has 4 rings (SSSR count). The summed E-state index contributed by atoms with van der Waals surface area (Å²) in [6, 6.07) is 13.3. The van der Waals surface area contributed by atoms with Crippen molar-refractivity contribution in [3.63, 3.8) is 0 Å². The molecule has 7 heteroatoms. The summed E-state index contributed by atoms with van der Waals surface area (Å²) in [5.41, 5.74) is 1.80. The van der Waals surface area contributed by atoms with Crippen molar-refractivity contribution in [2.24, 2.45) is 0 Å². The van der Waals surface area contributed by atoms with E-state index in [-0.39, 0.29) is 5.91 Å². The highest BCUT2D eigenvalue weighted by Crippen LogP contribution is 2.25. The van der Waals surface area contributed by atoms with Crippen LogP contribution in [0.4, 0.5) is 5.82 Å². The first-order valence-corrected chi connectivity index (χ1v) is 9.54. The van der Waals surface area contributed by atoms with Crippen LogP contribution in [0.15, 0.2) is 48.8 Å². The molecule has 1 amide bonds. The Morgan fingerprint density at radius 2 is 1.74 bits per heavy atom. The first-order chi connectivity index (χ1) is 13.1. The molecule has 2 aromatic carbocycles. The number of aromatic nitrogens is 2. The molecule has 5 nitrogen and oxygen atoms in total. The van der Waals surface area contributed by atoms with Crippen LogP contribution in [0.2, 0.25) is 10.0 Å². The number of carbonyl (C=O) groups excluding carboxylic acids is 1. The number of fused-ring (bicyclic) bond motifs is 1. The molecule has 0 saturated carbocycles. The standard InChI is InChI=1S/C20H18Cl2N4O/c21-16-6-5-14(11-17(16)22)12-19(27)25-7-9-26(10-8-25)20-15-3-1-2-4-18(15)23-13-24-20/h1-6,11,13H,7-10,12H2. The monoisotopic (exact) mass is 400 g/mol. The van der Waals surface area contributed by atoms with Crippen molar-refractivity contribution in [2.45, 2.75) is 6.42 Å². The van der Waals surface area contributed by atoms with Gasteiger partial charge >= 0.3 is 0 Å². The van der Waals surface area contributed by atoms with Gasteiger partial charge in [0, 0.05) is 31.6 Å². The van der Waals surface area contributed by atoms with Gasteiger partial charge in [-0.25, -0.2) is 9.97 Å². The number of halogens is 2. The zero-order valence-corrected chi connectivity index (χ0v) is 16.1. The quantitative estimate of drug-likeness (QED) is 0.670. The van der Waals surface area contributed by atoms with Crippen LogP contribution in [0.3, 0.4) is 0 Å². The van der Waals surface area contributed by atoms with Gasteiger partial charge in [-0.1, -0.05) is 41.4 Å². The average Bonchev–Trinajstić information content (AvgIpc) is 2.70. The number of piperazine rings is 1. The first-order valence-electron chi connectivity index (χ1n) is 8.78. The number of benzene rings is 2. The lowest BCUT2D eigenvalue weighted by molar-refractivity contribution is -0.130. The highest BCUT2D eigenvalue weighted by molar-refractivity contribution is 6.42. The van der Waals surface area contributed by atoms with E-state index in [0.717, 1.165) is 35.4 Å². The number of amides is 1. The Labute approximate surface area is 167 Å². The van der Waals surface area contributed by atoms with Gasteiger partial charge in [0.1, 0.15) is 12.1 Å². The Morgan fingerprint density at radius 3 is 2.52 bits per heavy atom. The molecule has 1 fully saturated rings. The Balaban J connectivity index is 1.42. The molecule has 1 saturated heterocycles. The minimum absolute atomic E-state index is 0.0978. The number of hydrogen-bond acceptors (Lipinski definition) is 4. The molecular formula is C20H18Cl2N4O. The molecule has 0 aliphatic carbocycles. The molecule has 3 aromatic rings. The van der Waals surface area contributed by atoms with E-state index in [2.05, 4.69) is 14.9 Å². The first kappa shape index (κ1) is 18.0. The SMILES string of the molecule is O=C(Cc1ccc(Cl)c(Cl)c1)N1CCN(c2ncnc3ccccc23)CC1. The molecule has 0 bridgehead atoms. The Kier molecular flexibility index (Phi) is 5.14. The van der Waals surface area contributed by atoms with Gasteiger partial charge in [-0.15, -0.1) is 0 Å². The van der Waals surface area contributed by atoms with Gasteiger partial charge in [-0.2, -0.15) is 0 Å². The van der Waals surface area contributed by atoms with E-state index >= 15 is 0 Å². The predicted octanol–water partition coefficient (Wildman–Crippen LogP) is 3.83. The lowest BCUT2D eigenvalue weighted by Crippen LogP contribution is -2.49. The molecule has 1 aromatic heterocycles. The summed E-state index contributed by atoms with van der Waals surface area (Å²) in [7, 11) is 0. The van der Waals surface area contributed by atoms with Gasteiger partial charge < -0.3 is 9.80 Å². The summed E-state index contributed by atoms with van der Waals surface area (Å²) in [6.45, 7) is 2.82. The maximum atomic E-state index is 12.6. The van der Waals surface area contributed by atoms with Crippen LogP contribution in [-0.2, 0) is 11.2 Å². The van der Waals surface area contributed by atoms with E-state index < -0.39 is 0 Å². The van der Waals surface area contributed by atoms with E-state index in [9.17, 15) is 4.79 Å². The number of rotatable bonds is 3. The van der Waals surface area contributed by atoms with E-state index in [4.69, 9.17) is 23.2 Å². The average molecular weight is 401 g/mol. The Bertz CT molecular complexity index is 981. The van der Waals surface area contributed by atoms with Crippen LogP contribution in [0, 0.1) is 0 Å². The van der Waals surface area contributed by atoms with Gasteiger partial charge in [-0.3, -0.25) is 4.79 Å². The molecule has 138 valence electrons. The number of anilines is 1. The van der Waals surface area contributed by atoms with E-state index in [0.29, 0.717) is 29.6 Å². The van der Waals surface area contributed by atoms with Crippen molar-refractivity contribution in [2.75, 3.05) is 31.1 Å². The van der Waals surface area contributed by atoms with Crippen molar-refractivity contribution in [1.29, 1.82) is 0 Å². The molecule has 1 aliphatic heterocycles. The molecule has 0 atom stereocenters. The summed E-state index contributed by atoms with van der Waals surface area (Å²) in [5, 5.41) is 2.01. The summed E-state index contributed by atoms with van der Waals surface area (Å²) in [6.07, 6.45) is 1.92. The molecule has 2 heterocycles. The van der Waals surface area contributed by atoms with Gasteiger partial charge in [0.25, 0.3) is 0 Å². The van der Waals surface area contributed by atoms with Crippen molar-refractivity contribution in [3.05, 3.63) is 64.4 Å². The number of hydrogen-bond donors (Lipinski definition) is 0. The topological polar surface area (TPSA) is 49.3 Å². The summed E-state index contributed by atoms with van der Waals surface area (Å²) in [4.78, 5) is 25.5. The summed E-state index contributed by atoms with van der Waals surface area (Å²) < 4.78 is 0. The molecule has 0 radical (unpaired) electrons. The fraction of sp³-hybridized carbons (Fsp3) is 0.250. The van der Waals surface area contributed by atoms with Gasteiger partial charge in [-0.05, 0) is 29.8 Å². The van der Waals surface area contributed by atoms with Crippen LogP contribution in [-0.4, -0.2) is 47.0 Å². The number of carbonyl (C=O) groups is 1. The molecule has 0 unspecified atom stereocenters. The predicted molar refractivity (Wildman–Crippen MR) is 108 cm³/mol. The number of para-hydroxylation sites is 1. The van der Waals surface area contributed by atoms with E-state index in [1.165, 1.54) is 0 Å². The second kappa shape index (κ2) is 7.71. The fourth-order valence-electron chi connectivity index (χ4n) is 3.35. The zero-order chi connectivity index (χ0) is 18.8. The van der Waals surface area contributed by atoms with Gasteiger partial charge in [0.15, 0.2) is 0 Å². The van der Waals surface area contributed by atoms with Crippen molar-refractivity contribution in [3.8, 4) is 0 Å². The van der Waals surface area contributed by atoms with Crippen molar-refractivity contribution >= 4 is 45.8 Å². The second-order valence-corrected chi connectivity index (χ2v) is 7.32. The van der Waals surface area contributed by atoms with Gasteiger partial charge in [0.05, 0.1) is 22.0 Å². The molecular weight excluding hydrogens is 383 g/mol. The molecule has 27 heavy (non-hydrogen) atoms. The highest BCUT2D eigenvalue weighted by Gasteiger charge is 2.23. The third-order valence-corrected chi connectivity index (χ3v) is 5.53. The largest absolute Gasteiger partial charge is 0.352 e. The van der Waals surface area contributed by atoms with Gasteiger partial charge in [0.2, 0.25) is 5.91 Å². The minimum atomic E-state index is 0.0978. The maximum absolute atomic E-state index is 12.6. The van der Waals surface area contributed by atoms with E-state index in [1.807, 2.05) is 35.2 Å². The molecule has 1 aliphatic rings. The summed E-state index contributed by atoms with van der Waals surface area (Å²) >= 11 is 12.0. The lowest BCUT2D eigenvalue weighted by atomic mass is 10.1. The zero-order valence-electron chi connectivity index (χ0n) is 14.6. The molecule has 0 N–H and O–H groups in total. The Morgan fingerprint density at radius 1 is 0.963 bits per heavy atom. The van der Waals surface area contributed by atoms with Crippen LogP contribution < -0.4 is 4.90 Å². The highest BCUT2D eigenvalue weighted by atomic mass is 35.5. The smallest absolute Gasteiger partial charge is 0.227 e. The second-order valence-electron chi connectivity index (χ2n) is 6.51. The third kappa shape index (κ3) is 3.84. The van der Waals surface area contributed by atoms with Crippen molar-refractivity contribution < 1.29 is 4.79 Å². The van der Waals surface area contributed by atoms with Crippen LogP contribution in [0.5, 0.6) is 0 Å². The Hall–Kier alpha value is -2.37. The summed E-state index contributed by atoms with van der Waals surface area (Å²) in [5.74, 6) is 1.03.